The van der Waals surface area contributed by atoms with Gasteiger partial charge in [0.25, 0.3) is 23.0 Å². The van der Waals surface area contributed by atoms with Crippen molar-refractivity contribution in [2.45, 2.75) is 128 Å². The fourth-order valence-corrected chi connectivity index (χ4v) is 8.94. The summed E-state index contributed by atoms with van der Waals surface area (Å²) in [6.45, 7) is 7.59. The molecule has 7 N–H and O–H groups in total. The highest BCUT2D eigenvalue weighted by molar-refractivity contribution is 6.67. The van der Waals surface area contributed by atoms with Gasteiger partial charge in [-0.15, -0.1) is 0 Å². The molecule has 0 bridgehead atoms. The number of nitrogens with two attached hydrogens (primary N) is 1. The van der Waals surface area contributed by atoms with E-state index in [0.717, 1.165) is 51.4 Å². The van der Waals surface area contributed by atoms with Gasteiger partial charge < -0.3 is 41.8 Å². The van der Waals surface area contributed by atoms with Gasteiger partial charge in [-0.05, 0) is 200 Å². The van der Waals surface area contributed by atoms with E-state index in [1.807, 2.05) is 27.7 Å². The van der Waals surface area contributed by atoms with E-state index < -0.39 is 17.3 Å². The molecule has 0 spiro atoms. The van der Waals surface area contributed by atoms with Crippen molar-refractivity contribution in [3.05, 3.63) is 129 Å². The topological polar surface area (TPSA) is 207 Å². The van der Waals surface area contributed by atoms with Gasteiger partial charge in [0.2, 0.25) is 11.8 Å². The van der Waals surface area contributed by atoms with Crippen molar-refractivity contribution >= 4 is 69.6 Å². The molecule has 0 radical (unpaired) electrons. The minimum absolute atomic E-state index is 0.0107. The highest BCUT2D eigenvalue weighted by atomic mass is 35.5. The molecule has 5 amide bonds. The van der Waals surface area contributed by atoms with E-state index in [0.29, 0.717) is 62.6 Å². The predicted molar refractivity (Wildman–Crippen MR) is 280 cm³/mol. The first-order valence-electron chi connectivity index (χ1n) is 24.4. The average Bonchev–Trinajstić information content (AvgIpc) is 3.35. The quantitative estimate of drug-likeness (QED) is 0.0556. The zero-order valence-electron chi connectivity index (χ0n) is 42.0. The first-order chi connectivity index (χ1) is 34.6. The Hall–Kier alpha value is -5.81. The summed E-state index contributed by atoms with van der Waals surface area (Å²) in [6.07, 6.45) is 8.09. The number of nitrogens with one attached hydrogen (secondary N) is 5. The summed E-state index contributed by atoms with van der Waals surface area (Å²) < 4.78 is 36.5. The lowest BCUT2D eigenvalue weighted by Crippen LogP contribution is -2.47. The van der Waals surface area contributed by atoms with Gasteiger partial charge in [0.1, 0.15) is 35.2 Å². The largest absolute Gasteiger partial charge is 0.489 e. The van der Waals surface area contributed by atoms with Crippen LogP contribution >= 0.6 is 34.8 Å². The van der Waals surface area contributed by atoms with Crippen LogP contribution in [-0.2, 0) is 9.59 Å². The third kappa shape index (κ3) is 20.2. The molecule has 2 aliphatic carbocycles. The average molecular weight is 1070 g/mol. The van der Waals surface area contributed by atoms with Crippen LogP contribution in [0.2, 0.25) is 10.0 Å². The first-order valence-corrected chi connectivity index (χ1v) is 25.5. The van der Waals surface area contributed by atoms with Crippen molar-refractivity contribution in [2.75, 3.05) is 14.1 Å². The molecular formula is C54H67Cl3F2N6O8. The number of ether oxygens (including phenoxy) is 2. The lowest BCUT2D eigenvalue weighted by Gasteiger charge is -2.31. The molecule has 2 atom stereocenters. The van der Waals surface area contributed by atoms with Gasteiger partial charge in [0, 0.05) is 48.4 Å². The second-order valence-corrected chi connectivity index (χ2v) is 19.8. The molecule has 4 aromatic carbocycles. The molecule has 2 unspecified atom stereocenters. The monoisotopic (exact) mass is 1070 g/mol. The third-order valence-corrected chi connectivity index (χ3v) is 13.0. The van der Waals surface area contributed by atoms with Gasteiger partial charge in [-0.25, -0.2) is 8.78 Å². The molecule has 14 nitrogen and oxygen atoms in total. The molecule has 0 aliphatic heterocycles. The highest BCUT2D eigenvalue weighted by Crippen LogP contribution is 2.31. The summed E-state index contributed by atoms with van der Waals surface area (Å²) in [5, 5.41) is 14.1. The molecule has 4 aromatic rings. The summed E-state index contributed by atoms with van der Waals surface area (Å²) >= 11 is 17.6. The predicted octanol–water partition coefficient (Wildman–Crippen LogP) is 9.57. The smallest absolute Gasteiger partial charge is 0.252 e. The number of benzene rings is 4. The summed E-state index contributed by atoms with van der Waals surface area (Å²) in [5.41, 5.74) is 7.43. The maximum absolute atomic E-state index is 13.1. The Balaban J connectivity index is 0.000000273. The number of rotatable bonds is 17. The van der Waals surface area contributed by atoms with Crippen LogP contribution in [0.25, 0.3) is 0 Å². The SMILES string of the molecule is CNC(=O)C(CC1CCC(N)CC1)NC(=O)c1ccc(OC(C)C)c(Cl)c1.CNC(=O)C(CC1CCC(NC(=O)c2ccc(F)cc2)CC1)NC(=O)c1ccc(OC(C)C)c(Cl)c1.O=C(Cl)c1ccc(F)cc1. The van der Waals surface area contributed by atoms with Gasteiger partial charge in [0.15, 0.2) is 0 Å². The minimum Gasteiger partial charge on any atom is -0.489 e. The van der Waals surface area contributed by atoms with Crippen molar-refractivity contribution in [1.82, 2.24) is 26.6 Å². The van der Waals surface area contributed by atoms with Gasteiger partial charge in [0.05, 0.1) is 22.3 Å². The lowest BCUT2D eigenvalue weighted by atomic mass is 9.82. The second kappa shape index (κ2) is 29.8. The second-order valence-electron chi connectivity index (χ2n) is 18.6. The maximum Gasteiger partial charge on any atom is 0.252 e. The number of carbonyl (C=O) groups is 6. The van der Waals surface area contributed by atoms with Crippen LogP contribution in [0, 0.1) is 23.5 Å². The van der Waals surface area contributed by atoms with Crippen molar-refractivity contribution < 1.29 is 47.0 Å². The van der Waals surface area contributed by atoms with E-state index >= 15 is 0 Å². The normalized spacial score (nSPS) is 18.0. The molecule has 6 rings (SSSR count). The van der Waals surface area contributed by atoms with E-state index in [4.69, 9.17) is 50.0 Å². The minimum atomic E-state index is -0.691. The molecule has 73 heavy (non-hydrogen) atoms. The molecule has 0 aromatic heterocycles. The van der Waals surface area contributed by atoms with Gasteiger partial charge in [-0.3, -0.25) is 28.8 Å². The molecule has 0 saturated heterocycles. The van der Waals surface area contributed by atoms with E-state index in [1.165, 1.54) is 61.6 Å². The Morgan fingerprint density at radius 3 is 1.29 bits per heavy atom. The fourth-order valence-electron chi connectivity index (χ4n) is 8.36. The summed E-state index contributed by atoms with van der Waals surface area (Å²) in [5.74, 6) is -0.515. The molecule has 2 aliphatic rings. The summed E-state index contributed by atoms with van der Waals surface area (Å²) in [4.78, 5) is 73.1. The number of amides is 5. The number of hydrogen-bond donors (Lipinski definition) is 6. The fraction of sp³-hybridized carbons (Fsp3) is 0.444. The third-order valence-electron chi connectivity index (χ3n) is 12.2. The number of carbonyl (C=O) groups excluding carboxylic acids is 6. The Morgan fingerprint density at radius 2 is 0.932 bits per heavy atom. The van der Waals surface area contributed by atoms with Crippen LogP contribution in [0.5, 0.6) is 11.5 Å². The molecular weight excluding hydrogens is 1000 g/mol. The van der Waals surface area contributed by atoms with Crippen LogP contribution < -0.4 is 41.8 Å². The van der Waals surface area contributed by atoms with Crippen LogP contribution in [0.4, 0.5) is 8.78 Å². The number of likely N-dealkylation sites (N-methyl/N-ethyl adjacent to an activating group) is 2. The maximum atomic E-state index is 13.1. The standard InChI is InChI=1S/C27H33ClFN3O4.C20H30ClN3O3.C7H4ClFO/c1-16(2)36-24-13-8-19(15-22(24)28)26(34)32-23(27(35)30-3)14-17-4-11-21(12-5-17)31-25(33)18-6-9-20(29)10-7-18;1-12(2)27-18-9-6-14(11-16(18)21)19(25)24-17(20(26)23-3)10-13-4-7-15(22)8-5-13;8-7(10)5-1-3-6(9)4-2-5/h6-10,13,15-17,21,23H,4-5,11-12,14H2,1-3H3,(H,30,35)(H,31,33)(H,32,34);6,9,11-13,15,17H,4-5,7-8,10,22H2,1-3H3,(H,23,26)(H,24,25);1-4H. The zero-order valence-corrected chi connectivity index (χ0v) is 44.3. The van der Waals surface area contributed by atoms with Crippen molar-refractivity contribution in [1.29, 1.82) is 0 Å². The number of hydrogen-bond acceptors (Lipinski definition) is 9. The van der Waals surface area contributed by atoms with E-state index in [9.17, 15) is 37.5 Å². The summed E-state index contributed by atoms with van der Waals surface area (Å²) in [7, 11) is 3.12. The molecule has 396 valence electrons. The first kappa shape index (κ1) is 59.8. The van der Waals surface area contributed by atoms with Crippen LogP contribution in [0.1, 0.15) is 133 Å². The Morgan fingerprint density at radius 1 is 0.562 bits per heavy atom. The van der Waals surface area contributed by atoms with Crippen LogP contribution in [0.3, 0.4) is 0 Å². The van der Waals surface area contributed by atoms with Crippen LogP contribution in [0.15, 0.2) is 84.9 Å². The number of halogens is 5. The zero-order chi connectivity index (χ0) is 53.8. The van der Waals surface area contributed by atoms with E-state index in [1.54, 1.807) is 37.4 Å². The van der Waals surface area contributed by atoms with Gasteiger partial charge >= 0.3 is 0 Å². The van der Waals surface area contributed by atoms with Crippen molar-refractivity contribution in [3.8, 4) is 11.5 Å². The highest BCUT2D eigenvalue weighted by Gasteiger charge is 2.30. The summed E-state index contributed by atoms with van der Waals surface area (Å²) in [6, 6.07) is 19.2. The van der Waals surface area contributed by atoms with Crippen LogP contribution in [-0.4, -0.2) is 85.2 Å². The Kier molecular flexibility index (Phi) is 24.4. The van der Waals surface area contributed by atoms with Gasteiger partial charge in [-0.2, -0.15) is 0 Å². The Bertz CT molecular complexity index is 2470. The Labute approximate surface area is 441 Å². The van der Waals surface area contributed by atoms with Crippen molar-refractivity contribution in [2.24, 2.45) is 17.6 Å². The van der Waals surface area contributed by atoms with E-state index in [2.05, 4.69) is 26.6 Å². The molecule has 19 heteroatoms. The van der Waals surface area contributed by atoms with Gasteiger partial charge in [-0.1, -0.05) is 23.2 Å². The lowest BCUT2D eigenvalue weighted by molar-refractivity contribution is -0.123. The molecule has 0 heterocycles. The molecule has 2 saturated carbocycles. The molecule has 2 fully saturated rings. The van der Waals surface area contributed by atoms with Crippen molar-refractivity contribution in [3.63, 3.8) is 0 Å². The van der Waals surface area contributed by atoms with E-state index in [-0.39, 0.29) is 71.4 Å².